The van der Waals surface area contributed by atoms with Gasteiger partial charge in [-0.3, -0.25) is 0 Å². The Morgan fingerprint density at radius 1 is 1.21 bits per heavy atom. The zero-order valence-corrected chi connectivity index (χ0v) is 12.8. The second-order valence-corrected chi connectivity index (χ2v) is 5.97. The molecule has 1 aliphatic heterocycles. The number of nitrogens with zero attached hydrogens (tertiary/aromatic N) is 2. The van der Waals surface area contributed by atoms with Crippen LogP contribution in [0.5, 0.6) is 0 Å². The number of aliphatic hydroxyl groups excluding tert-OH is 1. The number of carboxylic acids is 1. The Bertz CT molecular complexity index is 897. The van der Waals surface area contributed by atoms with Crippen LogP contribution in [0, 0.1) is 5.92 Å². The number of carboxylic acid groups (broad SMARTS) is 1. The van der Waals surface area contributed by atoms with E-state index in [-0.39, 0.29) is 11.5 Å². The molecular formula is C18H16N2O4. The molecule has 1 atom stereocenters. The van der Waals surface area contributed by atoms with E-state index in [4.69, 9.17) is 9.84 Å². The van der Waals surface area contributed by atoms with Gasteiger partial charge in [0.2, 0.25) is 0 Å². The topological polar surface area (TPSA) is 84.6 Å². The van der Waals surface area contributed by atoms with Crippen molar-refractivity contribution in [1.82, 2.24) is 9.78 Å². The fourth-order valence-corrected chi connectivity index (χ4v) is 2.89. The Kier molecular flexibility index (Phi) is 3.55. The molecule has 2 aromatic carbocycles. The van der Waals surface area contributed by atoms with E-state index in [1.807, 2.05) is 18.2 Å². The third kappa shape index (κ3) is 2.46. The highest BCUT2D eigenvalue weighted by Crippen LogP contribution is 2.30. The molecule has 4 rings (SSSR count). The van der Waals surface area contributed by atoms with Crippen molar-refractivity contribution in [3.8, 4) is 5.69 Å². The van der Waals surface area contributed by atoms with Crippen molar-refractivity contribution >= 4 is 16.9 Å². The van der Waals surface area contributed by atoms with E-state index in [1.165, 1.54) is 0 Å². The number of aliphatic hydroxyl groups is 1. The van der Waals surface area contributed by atoms with Gasteiger partial charge >= 0.3 is 5.97 Å². The molecule has 2 N–H and O–H groups in total. The Hall–Kier alpha value is -2.70. The first-order valence-electron chi connectivity index (χ1n) is 7.71. The number of benzene rings is 2. The number of hydrogen-bond donors (Lipinski definition) is 2. The molecule has 0 bridgehead atoms. The smallest absolute Gasteiger partial charge is 0.335 e. The molecule has 1 fully saturated rings. The largest absolute Gasteiger partial charge is 0.478 e. The maximum Gasteiger partial charge on any atom is 0.335 e. The van der Waals surface area contributed by atoms with Crippen molar-refractivity contribution in [3.05, 3.63) is 59.8 Å². The molecule has 3 aromatic rings. The van der Waals surface area contributed by atoms with E-state index in [2.05, 4.69) is 5.10 Å². The van der Waals surface area contributed by atoms with Crippen LogP contribution >= 0.6 is 0 Å². The Morgan fingerprint density at radius 3 is 2.58 bits per heavy atom. The lowest BCUT2D eigenvalue weighted by atomic mass is 9.94. The molecule has 0 radical (unpaired) electrons. The van der Waals surface area contributed by atoms with Gasteiger partial charge in [0.1, 0.15) is 0 Å². The average molecular weight is 324 g/mol. The van der Waals surface area contributed by atoms with Gasteiger partial charge in [0, 0.05) is 11.3 Å². The van der Waals surface area contributed by atoms with E-state index in [9.17, 15) is 9.90 Å². The summed E-state index contributed by atoms with van der Waals surface area (Å²) in [5.74, 6) is -0.800. The summed E-state index contributed by atoms with van der Waals surface area (Å²) in [5, 5.41) is 24.6. The number of fused-ring (bicyclic) bond motifs is 1. The van der Waals surface area contributed by atoms with Crippen LogP contribution in [0.25, 0.3) is 16.6 Å². The van der Waals surface area contributed by atoms with Crippen LogP contribution in [0.1, 0.15) is 22.0 Å². The van der Waals surface area contributed by atoms with Crippen molar-refractivity contribution in [1.29, 1.82) is 0 Å². The molecule has 122 valence electrons. The van der Waals surface area contributed by atoms with Gasteiger partial charge in [-0.25, -0.2) is 9.48 Å². The van der Waals surface area contributed by atoms with Gasteiger partial charge in [0.25, 0.3) is 0 Å². The lowest BCUT2D eigenvalue weighted by Crippen LogP contribution is -2.33. The molecule has 6 nitrogen and oxygen atoms in total. The number of ether oxygens (including phenoxy) is 1. The predicted molar refractivity (Wildman–Crippen MR) is 87.3 cm³/mol. The van der Waals surface area contributed by atoms with Crippen LogP contribution in [0.15, 0.2) is 48.7 Å². The quantitative estimate of drug-likeness (QED) is 0.770. The summed E-state index contributed by atoms with van der Waals surface area (Å²) in [6, 6.07) is 12.3. The van der Waals surface area contributed by atoms with Crippen LogP contribution in [0.3, 0.4) is 0 Å². The highest BCUT2D eigenvalue weighted by atomic mass is 16.5. The Labute approximate surface area is 137 Å². The molecule has 2 heterocycles. The highest BCUT2D eigenvalue weighted by Gasteiger charge is 2.28. The van der Waals surface area contributed by atoms with Crippen molar-refractivity contribution in [2.75, 3.05) is 13.2 Å². The van der Waals surface area contributed by atoms with Gasteiger partial charge in [-0.2, -0.15) is 5.10 Å². The third-order valence-corrected chi connectivity index (χ3v) is 4.40. The van der Waals surface area contributed by atoms with Gasteiger partial charge in [0.05, 0.1) is 42.3 Å². The lowest BCUT2D eigenvalue weighted by molar-refractivity contribution is -0.0923. The van der Waals surface area contributed by atoms with E-state index < -0.39 is 12.1 Å². The van der Waals surface area contributed by atoms with Crippen molar-refractivity contribution in [2.45, 2.75) is 6.10 Å². The summed E-state index contributed by atoms with van der Waals surface area (Å²) in [7, 11) is 0. The fourth-order valence-electron chi connectivity index (χ4n) is 2.89. The molecule has 6 heteroatoms. The Morgan fingerprint density at radius 2 is 1.96 bits per heavy atom. The summed E-state index contributed by atoms with van der Waals surface area (Å²) >= 11 is 0. The standard InChI is InChI=1S/C18H16N2O4/c21-17(14-9-24-10-14)12-3-6-16-13(7-12)8-19-20(16)15-4-1-11(2-5-15)18(22)23/h1-8,14,17,21H,9-10H2,(H,22,23)/t17-/m0/s1. The van der Waals surface area contributed by atoms with Crippen LogP contribution in [-0.2, 0) is 4.74 Å². The van der Waals surface area contributed by atoms with E-state index >= 15 is 0 Å². The minimum absolute atomic E-state index is 0.154. The molecule has 0 unspecified atom stereocenters. The van der Waals surface area contributed by atoms with Gasteiger partial charge in [-0.15, -0.1) is 0 Å². The summed E-state index contributed by atoms with van der Waals surface area (Å²) in [4.78, 5) is 10.9. The van der Waals surface area contributed by atoms with Crippen molar-refractivity contribution in [3.63, 3.8) is 0 Å². The highest BCUT2D eigenvalue weighted by molar-refractivity contribution is 5.88. The van der Waals surface area contributed by atoms with Gasteiger partial charge in [-0.1, -0.05) is 6.07 Å². The molecule has 1 saturated heterocycles. The van der Waals surface area contributed by atoms with Gasteiger partial charge in [0.15, 0.2) is 0 Å². The predicted octanol–water partition coefficient (Wildman–Crippen LogP) is 2.40. The average Bonchev–Trinajstić information content (AvgIpc) is 2.96. The monoisotopic (exact) mass is 324 g/mol. The molecule has 0 saturated carbocycles. The zero-order valence-electron chi connectivity index (χ0n) is 12.8. The van der Waals surface area contributed by atoms with Crippen LogP contribution < -0.4 is 0 Å². The Balaban J connectivity index is 1.68. The number of carbonyl (C=O) groups is 1. The van der Waals surface area contributed by atoms with Gasteiger partial charge < -0.3 is 14.9 Å². The zero-order chi connectivity index (χ0) is 16.7. The molecule has 0 spiro atoms. The molecule has 0 aliphatic carbocycles. The van der Waals surface area contributed by atoms with Crippen LogP contribution in [0.4, 0.5) is 0 Å². The minimum Gasteiger partial charge on any atom is -0.478 e. The summed E-state index contributed by atoms with van der Waals surface area (Å²) in [6.07, 6.45) is 1.22. The maximum absolute atomic E-state index is 10.9. The fraction of sp³-hybridized carbons (Fsp3) is 0.222. The SMILES string of the molecule is O=C(O)c1ccc(-n2ncc3cc([C@H](O)C4COC4)ccc32)cc1. The minimum atomic E-state index is -0.953. The molecule has 24 heavy (non-hydrogen) atoms. The lowest BCUT2D eigenvalue weighted by Gasteiger charge is -2.30. The summed E-state index contributed by atoms with van der Waals surface area (Å²) in [5.41, 5.74) is 2.79. The number of hydrogen-bond acceptors (Lipinski definition) is 4. The third-order valence-electron chi connectivity index (χ3n) is 4.40. The second-order valence-electron chi connectivity index (χ2n) is 5.97. The molecule has 0 amide bonds. The first kappa shape index (κ1) is 14.9. The summed E-state index contributed by atoms with van der Waals surface area (Å²) < 4.78 is 6.89. The van der Waals surface area contributed by atoms with Crippen molar-refractivity contribution < 1.29 is 19.7 Å². The molecule has 1 aliphatic rings. The number of rotatable bonds is 4. The van der Waals surface area contributed by atoms with E-state index in [0.29, 0.717) is 13.2 Å². The normalized spacial score (nSPS) is 16.0. The first-order chi connectivity index (χ1) is 11.6. The van der Waals surface area contributed by atoms with E-state index in [1.54, 1.807) is 35.1 Å². The van der Waals surface area contributed by atoms with Gasteiger partial charge in [-0.05, 0) is 42.0 Å². The summed E-state index contributed by atoms with van der Waals surface area (Å²) in [6.45, 7) is 1.18. The maximum atomic E-state index is 10.9. The number of aromatic carboxylic acids is 1. The van der Waals surface area contributed by atoms with Crippen LogP contribution in [0.2, 0.25) is 0 Å². The second kappa shape index (κ2) is 5.74. The van der Waals surface area contributed by atoms with Crippen molar-refractivity contribution in [2.24, 2.45) is 5.92 Å². The van der Waals surface area contributed by atoms with E-state index in [0.717, 1.165) is 22.2 Å². The number of aromatic nitrogens is 2. The first-order valence-corrected chi connectivity index (χ1v) is 7.71. The molecular weight excluding hydrogens is 308 g/mol. The molecule has 1 aromatic heterocycles. The van der Waals surface area contributed by atoms with Crippen LogP contribution in [-0.4, -0.2) is 39.2 Å².